The first kappa shape index (κ1) is 21.8. The van der Waals surface area contributed by atoms with Gasteiger partial charge in [0.2, 0.25) is 0 Å². The monoisotopic (exact) mass is 474 g/mol. The van der Waals surface area contributed by atoms with Gasteiger partial charge in [-0.3, -0.25) is 0 Å². The molecule has 0 bridgehead atoms. The average Bonchev–Trinajstić information content (AvgIpc) is 3.55. The van der Waals surface area contributed by atoms with Crippen molar-refractivity contribution >= 4 is 33.4 Å². The van der Waals surface area contributed by atoms with Crippen molar-refractivity contribution in [2.24, 2.45) is 0 Å². The molecule has 2 aromatic heterocycles. The Balaban J connectivity index is 1.29. The van der Waals surface area contributed by atoms with Crippen LogP contribution < -0.4 is 9.80 Å². The van der Waals surface area contributed by atoms with E-state index in [4.69, 9.17) is 0 Å². The second-order valence-electron chi connectivity index (χ2n) is 8.64. The van der Waals surface area contributed by atoms with Crippen molar-refractivity contribution < 1.29 is 0 Å². The van der Waals surface area contributed by atoms with E-state index in [-0.39, 0.29) is 0 Å². The third-order valence-electron chi connectivity index (χ3n) is 6.33. The molecule has 6 aromatic rings. The van der Waals surface area contributed by atoms with E-state index in [1.54, 1.807) is 0 Å². The lowest BCUT2D eigenvalue weighted by molar-refractivity contribution is 0.540. The molecule has 0 aliphatic heterocycles. The van der Waals surface area contributed by atoms with Crippen LogP contribution in [0.3, 0.4) is 0 Å². The Hall–Kier alpha value is -4.72. The Morgan fingerprint density at radius 3 is 1.31 bits per heavy atom. The lowest BCUT2D eigenvalue weighted by Crippen LogP contribution is -2.37. The van der Waals surface area contributed by atoms with Gasteiger partial charge in [-0.05, 0) is 48.5 Å². The van der Waals surface area contributed by atoms with Gasteiger partial charge in [-0.25, -0.2) is 9.36 Å². The zero-order valence-corrected chi connectivity index (χ0v) is 19.8. The van der Waals surface area contributed by atoms with E-state index < -0.39 is 0 Å². The predicted molar refractivity (Wildman–Crippen MR) is 143 cm³/mol. The molecular weight excluding hydrogens is 448 g/mol. The summed E-state index contributed by atoms with van der Waals surface area (Å²) >= 11 is 0. The summed E-state index contributed by atoms with van der Waals surface area (Å²) in [6, 6.07) is 37.0. The molecule has 8 heteroatoms. The summed E-state index contributed by atoms with van der Waals surface area (Å²) in [7, 11) is 0. The lowest BCUT2D eigenvalue weighted by atomic mass is 10.2. The third kappa shape index (κ3) is 4.48. The maximum absolute atomic E-state index is 4.43. The third-order valence-corrected chi connectivity index (χ3v) is 6.33. The largest absolute Gasteiger partial charge is 0.350 e. The maximum Gasteiger partial charge on any atom is 0.114 e. The Kier molecular flexibility index (Phi) is 5.98. The van der Waals surface area contributed by atoms with E-state index in [9.17, 15) is 0 Å². The fourth-order valence-corrected chi connectivity index (χ4v) is 4.45. The first-order valence-electron chi connectivity index (χ1n) is 12.0. The lowest BCUT2D eigenvalue weighted by Gasteiger charge is -2.30. The highest BCUT2D eigenvalue weighted by Gasteiger charge is 2.15. The molecule has 0 aliphatic carbocycles. The molecule has 0 atom stereocenters. The summed E-state index contributed by atoms with van der Waals surface area (Å²) in [6.07, 6.45) is 0. The minimum absolute atomic E-state index is 0.597. The minimum atomic E-state index is 0.597. The summed E-state index contributed by atoms with van der Waals surface area (Å²) in [5, 5.41) is 17.5. The highest BCUT2D eigenvalue weighted by Crippen LogP contribution is 2.20. The molecule has 2 heterocycles. The number of hydrogen-bond donors (Lipinski definition) is 0. The zero-order chi connectivity index (χ0) is 24.2. The normalized spacial score (nSPS) is 11.2. The van der Waals surface area contributed by atoms with E-state index >= 15 is 0 Å². The molecule has 0 unspecified atom stereocenters. The van der Waals surface area contributed by atoms with Crippen molar-refractivity contribution in [2.45, 2.75) is 13.3 Å². The van der Waals surface area contributed by atoms with E-state index in [1.807, 2.05) is 57.9 Å². The molecule has 4 aromatic carbocycles. The second kappa shape index (κ2) is 9.87. The fourth-order valence-electron chi connectivity index (χ4n) is 4.45. The van der Waals surface area contributed by atoms with Crippen molar-refractivity contribution in [3.63, 3.8) is 0 Å². The zero-order valence-electron chi connectivity index (χ0n) is 19.8. The van der Waals surface area contributed by atoms with Crippen LogP contribution in [0.1, 0.15) is 0 Å². The van der Waals surface area contributed by atoms with Gasteiger partial charge in [-0.15, -0.1) is 10.2 Å². The Morgan fingerprint density at radius 1 is 0.472 bits per heavy atom. The van der Waals surface area contributed by atoms with E-state index in [1.165, 1.54) is 0 Å². The van der Waals surface area contributed by atoms with Crippen LogP contribution in [0.4, 0.5) is 11.4 Å². The van der Waals surface area contributed by atoms with Crippen LogP contribution >= 0.6 is 0 Å². The molecule has 8 nitrogen and oxygen atoms in total. The van der Waals surface area contributed by atoms with Crippen molar-refractivity contribution in [3.8, 4) is 0 Å². The number of anilines is 2. The summed E-state index contributed by atoms with van der Waals surface area (Å²) in [5.74, 6) is 0. The molecule has 0 fully saturated rings. The SMILES string of the molecule is c1ccc(N(CCN(Cn2nnc3ccccc32)c2ccccc2)Cn2nnc3ccccc32)cc1. The molecule has 0 amide bonds. The molecule has 0 radical (unpaired) electrons. The summed E-state index contributed by atoms with van der Waals surface area (Å²) in [4.78, 5) is 4.66. The van der Waals surface area contributed by atoms with E-state index in [0.29, 0.717) is 13.3 Å². The second-order valence-corrected chi connectivity index (χ2v) is 8.64. The Labute approximate surface area is 209 Å². The van der Waals surface area contributed by atoms with Crippen molar-refractivity contribution in [3.05, 3.63) is 109 Å². The van der Waals surface area contributed by atoms with Crippen LogP contribution in [0.5, 0.6) is 0 Å². The van der Waals surface area contributed by atoms with Crippen LogP contribution in [0, 0.1) is 0 Å². The van der Waals surface area contributed by atoms with E-state index in [2.05, 4.69) is 91.1 Å². The molecule has 6 rings (SSSR count). The molecule has 0 N–H and O–H groups in total. The van der Waals surface area contributed by atoms with Crippen molar-refractivity contribution in [2.75, 3.05) is 22.9 Å². The number of nitrogens with zero attached hydrogens (tertiary/aromatic N) is 8. The molecule has 0 spiro atoms. The van der Waals surface area contributed by atoms with Crippen LogP contribution in [0.25, 0.3) is 22.1 Å². The van der Waals surface area contributed by atoms with Crippen molar-refractivity contribution in [1.82, 2.24) is 30.0 Å². The Morgan fingerprint density at radius 2 is 0.861 bits per heavy atom. The van der Waals surface area contributed by atoms with Gasteiger partial charge < -0.3 is 9.80 Å². The van der Waals surface area contributed by atoms with Gasteiger partial charge in [0.25, 0.3) is 0 Å². The first-order chi connectivity index (χ1) is 17.8. The summed E-state index contributed by atoms with van der Waals surface area (Å²) in [5.41, 5.74) is 6.11. The van der Waals surface area contributed by atoms with Crippen LogP contribution in [-0.2, 0) is 13.3 Å². The minimum Gasteiger partial charge on any atom is -0.350 e. The van der Waals surface area contributed by atoms with Gasteiger partial charge in [0, 0.05) is 24.5 Å². The van der Waals surface area contributed by atoms with Gasteiger partial charge >= 0.3 is 0 Å². The van der Waals surface area contributed by atoms with Crippen LogP contribution in [0.2, 0.25) is 0 Å². The highest BCUT2D eigenvalue weighted by atomic mass is 15.5. The van der Waals surface area contributed by atoms with E-state index in [0.717, 1.165) is 46.5 Å². The van der Waals surface area contributed by atoms with Gasteiger partial charge in [0.1, 0.15) is 24.4 Å². The predicted octanol–water partition coefficient (Wildman–Crippen LogP) is 4.80. The molecule has 0 saturated carbocycles. The number of fused-ring (bicyclic) bond motifs is 2. The summed E-state index contributed by atoms with van der Waals surface area (Å²) in [6.45, 7) is 2.75. The highest BCUT2D eigenvalue weighted by molar-refractivity contribution is 5.74. The van der Waals surface area contributed by atoms with Gasteiger partial charge in [-0.2, -0.15) is 0 Å². The molecular formula is C28H26N8. The van der Waals surface area contributed by atoms with Gasteiger partial charge in [0.05, 0.1) is 11.0 Å². The summed E-state index contributed by atoms with van der Waals surface area (Å²) < 4.78 is 3.92. The van der Waals surface area contributed by atoms with Gasteiger partial charge in [-0.1, -0.05) is 71.1 Å². The number of rotatable bonds is 9. The number of hydrogen-bond acceptors (Lipinski definition) is 6. The fraction of sp³-hybridized carbons (Fsp3) is 0.143. The van der Waals surface area contributed by atoms with Crippen LogP contribution in [-0.4, -0.2) is 43.1 Å². The standard InChI is InChI=1S/C28H26N8/c1-3-11-23(12-4-1)33(21-35-27-17-9-7-15-25(27)29-31-35)19-20-34(24-13-5-2-6-14-24)22-36-28-18-10-8-16-26(28)30-32-36/h1-18H,19-22H2. The van der Waals surface area contributed by atoms with Crippen molar-refractivity contribution in [1.29, 1.82) is 0 Å². The average molecular weight is 475 g/mol. The maximum atomic E-state index is 4.43. The van der Waals surface area contributed by atoms with Crippen LogP contribution in [0.15, 0.2) is 109 Å². The molecule has 0 aliphatic rings. The molecule has 0 saturated heterocycles. The smallest absolute Gasteiger partial charge is 0.114 e. The number of para-hydroxylation sites is 4. The molecule has 36 heavy (non-hydrogen) atoms. The Bertz CT molecular complexity index is 1440. The molecule has 178 valence electrons. The number of benzene rings is 4. The first-order valence-corrected chi connectivity index (χ1v) is 12.0. The quantitative estimate of drug-likeness (QED) is 0.300. The van der Waals surface area contributed by atoms with Gasteiger partial charge in [0.15, 0.2) is 0 Å². The topological polar surface area (TPSA) is 67.9 Å². The number of aromatic nitrogens is 6.